The molecule has 0 aliphatic heterocycles. The van der Waals surface area contributed by atoms with Crippen LogP contribution in [0.15, 0.2) is 146 Å². The summed E-state index contributed by atoms with van der Waals surface area (Å²) in [6.45, 7) is 1.83. The highest BCUT2D eigenvalue weighted by Crippen LogP contribution is 2.72. The standard InChI is InChI=1S/C34H26ClF3O6S2/c1-23-9-8-13-30(32(23)33(39)24-10-4-3-5-11-24)45-26-17-21-28(22-18-26)46(44-35(40,41)42,27-19-15-25(43-2)16-20-27)31-14-7-6-12-29(31)34(36,37)38/h3-22H,1-2H3. The monoisotopic (exact) mass is 686 g/mol. The van der Waals surface area contributed by atoms with Crippen LogP contribution < -0.4 is 18.7 Å². The lowest BCUT2D eigenvalue weighted by Crippen LogP contribution is -2.61. The van der Waals surface area contributed by atoms with Crippen LogP contribution in [0.1, 0.15) is 27.0 Å². The van der Waals surface area contributed by atoms with Gasteiger partial charge in [0.15, 0.2) is 5.78 Å². The molecule has 0 saturated carbocycles. The predicted molar refractivity (Wildman–Crippen MR) is 160 cm³/mol. The van der Waals surface area contributed by atoms with Crippen LogP contribution in [0.3, 0.4) is 0 Å². The Labute approximate surface area is 271 Å². The molecule has 6 nitrogen and oxygen atoms in total. The van der Waals surface area contributed by atoms with E-state index in [1.807, 2.05) is 25.1 Å². The first kappa shape index (κ1) is 33.6. The number of ether oxygens (including phenoxy) is 1. The molecule has 0 N–H and O–H groups in total. The van der Waals surface area contributed by atoms with E-state index in [1.54, 1.807) is 42.5 Å². The Balaban J connectivity index is 1.66. The van der Waals surface area contributed by atoms with E-state index >= 15 is 0 Å². The molecule has 0 aliphatic carbocycles. The molecule has 5 aromatic carbocycles. The van der Waals surface area contributed by atoms with Crippen molar-refractivity contribution in [3.05, 3.63) is 144 Å². The zero-order valence-corrected chi connectivity index (χ0v) is 26.7. The third-order valence-corrected chi connectivity index (χ3v) is 12.2. The van der Waals surface area contributed by atoms with Crippen molar-refractivity contribution in [3.63, 3.8) is 0 Å². The summed E-state index contributed by atoms with van der Waals surface area (Å²) in [5.74, 6) is 0.187. The quantitative estimate of drug-likeness (QED) is 0.154. The van der Waals surface area contributed by atoms with Gasteiger partial charge in [0.05, 0.1) is 33.2 Å². The molecule has 238 valence electrons. The zero-order chi connectivity index (χ0) is 33.1. The number of hydrogen-bond acceptors (Lipinski definition) is 7. The van der Waals surface area contributed by atoms with Gasteiger partial charge in [-0.05, 0) is 79.2 Å². The van der Waals surface area contributed by atoms with Gasteiger partial charge in [-0.15, -0.1) is 0 Å². The SMILES string of the molecule is COc1ccc(S(O[Cl+3]([O-])([O-])[O-])(c2ccc(Sc3cccc(C)c3C(=O)c3ccccc3)cc2)c2ccccc2C(F)(F)F)cc1. The molecule has 0 saturated heterocycles. The first-order chi connectivity index (χ1) is 21.8. The molecule has 0 heterocycles. The van der Waals surface area contributed by atoms with E-state index in [9.17, 15) is 31.9 Å². The Kier molecular flexibility index (Phi) is 9.85. The number of carbonyl (C=O) groups excluding carboxylic acids is 1. The Bertz CT molecular complexity index is 1830. The number of carbonyl (C=O) groups is 1. The average molecular weight is 687 g/mol. The maximum atomic E-state index is 14.4. The fourth-order valence-electron chi connectivity index (χ4n) is 4.91. The van der Waals surface area contributed by atoms with E-state index in [-0.39, 0.29) is 15.6 Å². The van der Waals surface area contributed by atoms with E-state index in [1.165, 1.54) is 67.4 Å². The molecule has 0 radical (unpaired) electrons. The summed E-state index contributed by atoms with van der Waals surface area (Å²) in [6, 6.07) is 30.3. The summed E-state index contributed by atoms with van der Waals surface area (Å²) in [4.78, 5) is 14.2. The highest BCUT2D eigenvalue weighted by molar-refractivity contribution is 8.30. The summed E-state index contributed by atoms with van der Waals surface area (Å²) in [5, 5.41) is 0. The van der Waals surface area contributed by atoms with Crippen LogP contribution in [-0.4, -0.2) is 12.9 Å². The van der Waals surface area contributed by atoms with E-state index in [4.69, 9.17) is 8.47 Å². The first-order valence-corrected chi connectivity index (χ1v) is 17.2. The number of hydrogen-bond donors (Lipinski definition) is 0. The Morgan fingerprint density at radius 2 is 1.35 bits per heavy atom. The van der Waals surface area contributed by atoms with Gasteiger partial charge >= 0.3 is 6.18 Å². The van der Waals surface area contributed by atoms with Gasteiger partial charge in [-0.3, -0.25) is 4.79 Å². The van der Waals surface area contributed by atoms with Crippen LogP contribution in [0.2, 0.25) is 0 Å². The Hall–Kier alpha value is -3.81. The lowest BCUT2D eigenvalue weighted by molar-refractivity contribution is -1.91. The third kappa shape index (κ3) is 7.11. The van der Waals surface area contributed by atoms with E-state index in [0.29, 0.717) is 26.7 Å². The number of ketones is 1. The zero-order valence-electron chi connectivity index (χ0n) is 24.3. The van der Waals surface area contributed by atoms with Gasteiger partial charge in [0.25, 0.3) is 0 Å². The Morgan fingerprint density at radius 3 is 1.93 bits per heavy atom. The number of aryl methyl sites for hydroxylation is 1. The molecular formula is C34H26ClF3O6S2. The number of rotatable bonds is 10. The third-order valence-electron chi connectivity index (χ3n) is 6.95. The number of methoxy groups -OCH3 is 1. The van der Waals surface area contributed by atoms with Gasteiger partial charge in [0.1, 0.15) is 9.49 Å². The van der Waals surface area contributed by atoms with E-state index in [0.717, 1.165) is 17.7 Å². The van der Waals surface area contributed by atoms with E-state index < -0.39 is 37.2 Å². The Morgan fingerprint density at radius 1 is 0.761 bits per heavy atom. The van der Waals surface area contributed by atoms with Crippen LogP contribution in [0.4, 0.5) is 13.2 Å². The number of halogens is 4. The van der Waals surface area contributed by atoms with Crippen LogP contribution in [0.25, 0.3) is 0 Å². The average Bonchev–Trinajstić information content (AvgIpc) is 3.03. The smallest absolute Gasteiger partial charge is 0.417 e. The van der Waals surface area contributed by atoms with Crippen molar-refractivity contribution in [2.24, 2.45) is 0 Å². The summed E-state index contributed by atoms with van der Waals surface area (Å²) < 4.78 is 90.5. The molecule has 5 rings (SSSR count). The molecule has 0 bridgehead atoms. The van der Waals surface area contributed by atoms with Crippen molar-refractivity contribution in [2.45, 2.75) is 37.6 Å². The maximum Gasteiger partial charge on any atom is 0.417 e. The minimum Gasteiger partial charge on any atom is -0.497 e. The summed E-state index contributed by atoms with van der Waals surface area (Å²) >= 11 is 1.26. The summed E-state index contributed by atoms with van der Waals surface area (Å²) in [5.41, 5.74) is 0.622. The van der Waals surface area contributed by atoms with Gasteiger partial charge < -0.3 is 4.74 Å². The molecule has 0 amide bonds. The number of alkyl halides is 3. The number of benzene rings is 5. The van der Waals surface area contributed by atoms with Crippen LogP contribution in [-0.2, 0) is 9.91 Å². The summed E-state index contributed by atoms with van der Waals surface area (Å²) in [7, 11) is -7.67. The molecule has 0 fully saturated rings. The van der Waals surface area contributed by atoms with Crippen LogP contribution in [0.5, 0.6) is 5.75 Å². The molecule has 1 atom stereocenters. The minimum atomic E-state index is -5.23. The second-order valence-electron chi connectivity index (χ2n) is 9.88. The van der Waals surface area contributed by atoms with E-state index in [2.05, 4.69) is 0 Å². The summed E-state index contributed by atoms with van der Waals surface area (Å²) in [6.07, 6.45) is -4.91. The first-order valence-electron chi connectivity index (χ1n) is 13.6. The minimum absolute atomic E-state index is 0.0201. The molecule has 0 aliphatic rings. The van der Waals surface area contributed by atoms with Gasteiger partial charge in [-0.25, -0.2) is 0 Å². The second kappa shape index (κ2) is 13.5. The van der Waals surface area contributed by atoms with Crippen LogP contribution in [0, 0.1) is 17.2 Å². The topological polar surface area (TPSA) is 105 Å². The molecule has 5 aromatic rings. The largest absolute Gasteiger partial charge is 0.497 e. The van der Waals surface area contributed by atoms with Crippen molar-refractivity contribution in [1.82, 2.24) is 0 Å². The molecule has 0 spiro atoms. The van der Waals surface area contributed by atoms with Crippen molar-refractivity contribution >= 4 is 27.9 Å². The predicted octanol–water partition coefficient (Wildman–Crippen LogP) is 6.52. The molecule has 12 heteroatoms. The van der Waals surface area contributed by atoms with Crippen molar-refractivity contribution in [1.29, 1.82) is 0 Å². The lowest BCUT2D eigenvalue weighted by Gasteiger charge is -2.36. The maximum absolute atomic E-state index is 14.4. The van der Waals surface area contributed by atoms with Crippen molar-refractivity contribution in [3.8, 4) is 5.75 Å². The molecule has 0 aromatic heterocycles. The fourth-order valence-corrected chi connectivity index (χ4v) is 10.3. The van der Waals surface area contributed by atoms with Gasteiger partial charge in [-0.1, -0.05) is 66.4 Å². The highest BCUT2D eigenvalue weighted by atomic mass is 35.7. The van der Waals surface area contributed by atoms with Gasteiger partial charge in [0.2, 0.25) is 0 Å². The molecular weight excluding hydrogens is 661 g/mol. The highest BCUT2D eigenvalue weighted by Gasteiger charge is 2.51. The lowest BCUT2D eigenvalue weighted by atomic mass is 9.99. The molecule has 1 unspecified atom stereocenters. The van der Waals surface area contributed by atoms with Gasteiger partial charge in [0, 0.05) is 35.6 Å². The fraction of sp³-hybridized carbons (Fsp3) is 0.0882. The second-order valence-corrected chi connectivity index (χ2v) is 14.8. The molecule has 46 heavy (non-hydrogen) atoms. The van der Waals surface area contributed by atoms with Gasteiger partial charge in [-0.2, -0.15) is 27.1 Å². The van der Waals surface area contributed by atoms with Crippen molar-refractivity contribution in [2.75, 3.05) is 7.11 Å². The van der Waals surface area contributed by atoms with Crippen LogP contribution >= 0.6 is 22.1 Å². The normalized spacial score (nSPS) is 13.9. The van der Waals surface area contributed by atoms with Crippen molar-refractivity contribution < 1.29 is 50.7 Å².